The molecule has 5 nitrogen and oxygen atoms in total. The topological polar surface area (TPSA) is 43.0 Å². The van der Waals surface area contributed by atoms with E-state index < -0.39 is 0 Å². The molecular weight excluding hydrogens is 352 g/mol. The summed E-state index contributed by atoms with van der Waals surface area (Å²) in [4.78, 5) is 2.70. The molecule has 0 spiro atoms. The van der Waals surface area contributed by atoms with E-state index in [4.69, 9.17) is 25.8 Å². The second-order valence-corrected chi connectivity index (χ2v) is 7.71. The zero-order valence-corrected chi connectivity index (χ0v) is 16.7. The van der Waals surface area contributed by atoms with Crippen molar-refractivity contribution in [3.8, 4) is 11.5 Å². The summed E-state index contributed by atoms with van der Waals surface area (Å²) in [6, 6.07) is 3.95. The molecular formula is C20H31ClN2O3. The number of ether oxygens (including phenoxy) is 3. The van der Waals surface area contributed by atoms with Gasteiger partial charge in [0.25, 0.3) is 0 Å². The van der Waals surface area contributed by atoms with Crippen LogP contribution in [0.25, 0.3) is 0 Å². The Bertz CT molecular complexity index is 585. The Morgan fingerprint density at radius 3 is 2.50 bits per heavy atom. The third kappa shape index (κ3) is 4.45. The molecule has 1 aromatic carbocycles. The van der Waals surface area contributed by atoms with Gasteiger partial charge in [-0.3, -0.25) is 4.90 Å². The lowest BCUT2D eigenvalue weighted by Gasteiger charge is -2.48. The molecule has 2 aliphatic rings. The monoisotopic (exact) mass is 382 g/mol. The average Bonchev–Trinajstić information content (AvgIpc) is 2.69. The van der Waals surface area contributed by atoms with Gasteiger partial charge < -0.3 is 19.5 Å². The minimum Gasteiger partial charge on any atom is -0.493 e. The summed E-state index contributed by atoms with van der Waals surface area (Å²) in [6.45, 7) is 5.88. The van der Waals surface area contributed by atoms with Gasteiger partial charge in [-0.15, -0.1) is 0 Å². The molecule has 6 heteroatoms. The van der Waals surface area contributed by atoms with E-state index in [1.165, 1.54) is 32.4 Å². The minimum atomic E-state index is 0.221. The highest BCUT2D eigenvalue weighted by Gasteiger charge is 2.38. The van der Waals surface area contributed by atoms with E-state index in [9.17, 15) is 0 Å². The van der Waals surface area contributed by atoms with Crippen LogP contribution in [0.5, 0.6) is 11.5 Å². The van der Waals surface area contributed by atoms with Gasteiger partial charge in [0, 0.05) is 31.8 Å². The summed E-state index contributed by atoms with van der Waals surface area (Å²) < 4.78 is 16.4. The van der Waals surface area contributed by atoms with E-state index in [0.717, 1.165) is 44.7 Å². The molecule has 0 unspecified atom stereocenters. The molecule has 2 heterocycles. The maximum Gasteiger partial charge on any atom is 0.179 e. The highest BCUT2D eigenvalue weighted by molar-refractivity contribution is 6.32. The van der Waals surface area contributed by atoms with Gasteiger partial charge in [-0.05, 0) is 56.5 Å². The molecule has 146 valence electrons. The molecule has 1 N–H and O–H groups in total. The van der Waals surface area contributed by atoms with Crippen molar-refractivity contribution in [3.63, 3.8) is 0 Å². The lowest BCUT2D eigenvalue weighted by atomic mass is 9.86. The van der Waals surface area contributed by atoms with Crippen LogP contribution >= 0.6 is 11.6 Å². The van der Waals surface area contributed by atoms with Crippen molar-refractivity contribution >= 4 is 11.6 Å². The molecule has 2 saturated heterocycles. The summed E-state index contributed by atoms with van der Waals surface area (Å²) >= 11 is 6.33. The number of nitrogens with zero attached hydrogens (tertiary/aromatic N) is 1. The standard InChI is InChI=1S/C20H31ClN2O3/c1-24-18-13-16(12-17(21)19(18)25-2)14-22-15-20(6-10-26-11-7-20)23-8-4-3-5-9-23/h12-13,22H,3-11,14-15H2,1-2H3. The van der Waals surface area contributed by atoms with Gasteiger partial charge in [0.2, 0.25) is 0 Å². The molecule has 1 aromatic rings. The molecule has 2 fully saturated rings. The zero-order valence-electron chi connectivity index (χ0n) is 16.0. The summed E-state index contributed by atoms with van der Waals surface area (Å²) in [6.07, 6.45) is 6.20. The van der Waals surface area contributed by atoms with E-state index in [2.05, 4.69) is 10.2 Å². The fourth-order valence-electron chi connectivity index (χ4n) is 4.24. The molecule has 0 atom stereocenters. The van der Waals surface area contributed by atoms with Gasteiger partial charge in [0.1, 0.15) is 0 Å². The van der Waals surface area contributed by atoms with Gasteiger partial charge >= 0.3 is 0 Å². The van der Waals surface area contributed by atoms with Gasteiger partial charge in [-0.25, -0.2) is 0 Å². The third-order valence-electron chi connectivity index (χ3n) is 5.73. The van der Waals surface area contributed by atoms with Crippen molar-refractivity contribution in [1.29, 1.82) is 0 Å². The lowest BCUT2D eigenvalue weighted by molar-refractivity contribution is -0.0358. The molecule has 0 amide bonds. The predicted molar refractivity (Wildman–Crippen MR) is 104 cm³/mol. The van der Waals surface area contributed by atoms with Crippen LogP contribution < -0.4 is 14.8 Å². The van der Waals surface area contributed by atoms with E-state index in [0.29, 0.717) is 16.5 Å². The summed E-state index contributed by atoms with van der Waals surface area (Å²) in [5.41, 5.74) is 1.33. The van der Waals surface area contributed by atoms with Crippen LogP contribution in [0.2, 0.25) is 5.02 Å². The maximum absolute atomic E-state index is 6.33. The Morgan fingerprint density at radius 2 is 1.85 bits per heavy atom. The Balaban J connectivity index is 1.65. The van der Waals surface area contributed by atoms with Crippen LogP contribution in [0.3, 0.4) is 0 Å². The summed E-state index contributed by atoms with van der Waals surface area (Å²) in [7, 11) is 3.24. The Kier molecular flexibility index (Phi) is 7.04. The minimum absolute atomic E-state index is 0.221. The van der Waals surface area contributed by atoms with Gasteiger partial charge in [-0.1, -0.05) is 18.0 Å². The van der Waals surface area contributed by atoms with Crippen LogP contribution in [-0.4, -0.2) is 57.5 Å². The average molecular weight is 383 g/mol. The number of benzene rings is 1. The van der Waals surface area contributed by atoms with E-state index >= 15 is 0 Å². The van der Waals surface area contributed by atoms with Crippen molar-refractivity contribution in [3.05, 3.63) is 22.7 Å². The Labute approximate surface area is 161 Å². The molecule has 0 bridgehead atoms. The first-order valence-corrected chi connectivity index (χ1v) is 10.0. The van der Waals surface area contributed by atoms with Gasteiger partial charge in [-0.2, -0.15) is 0 Å². The quantitative estimate of drug-likeness (QED) is 0.782. The molecule has 0 aliphatic carbocycles. The molecule has 0 radical (unpaired) electrons. The van der Waals surface area contributed by atoms with Crippen LogP contribution in [0.15, 0.2) is 12.1 Å². The van der Waals surface area contributed by atoms with Crippen molar-refractivity contribution in [1.82, 2.24) is 10.2 Å². The Hall–Kier alpha value is -1.01. The first-order chi connectivity index (χ1) is 12.7. The summed E-state index contributed by atoms with van der Waals surface area (Å²) in [5.74, 6) is 1.26. The van der Waals surface area contributed by atoms with Crippen molar-refractivity contribution in [2.24, 2.45) is 0 Å². The fourth-order valence-corrected chi connectivity index (χ4v) is 4.55. The molecule has 0 aromatic heterocycles. The van der Waals surface area contributed by atoms with Crippen molar-refractivity contribution in [2.45, 2.75) is 44.2 Å². The lowest BCUT2D eigenvalue weighted by Crippen LogP contribution is -2.59. The van der Waals surface area contributed by atoms with Crippen LogP contribution in [0.4, 0.5) is 0 Å². The molecule has 2 aliphatic heterocycles. The highest BCUT2D eigenvalue weighted by Crippen LogP contribution is 2.36. The number of likely N-dealkylation sites (tertiary alicyclic amines) is 1. The molecule has 3 rings (SSSR count). The number of hydrogen-bond donors (Lipinski definition) is 1. The number of halogens is 1. The first-order valence-electron chi connectivity index (χ1n) is 9.62. The number of hydrogen-bond acceptors (Lipinski definition) is 5. The second-order valence-electron chi connectivity index (χ2n) is 7.30. The number of nitrogens with one attached hydrogen (secondary N) is 1. The van der Waals surface area contributed by atoms with E-state index in [1.54, 1.807) is 14.2 Å². The Morgan fingerprint density at radius 1 is 1.12 bits per heavy atom. The fraction of sp³-hybridized carbons (Fsp3) is 0.700. The van der Waals surface area contributed by atoms with Gasteiger partial charge in [0.15, 0.2) is 11.5 Å². The summed E-state index contributed by atoms with van der Waals surface area (Å²) in [5, 5.41) is 4.26. The van der Waals surface area contributed by atoms with E-state index in [-0.39, 0.29) is 5.54 Å². The van der Waals surface area contributed by atoms with Crippen LogP contribution in [-0.2, 0) is 11.3 Å². The SMILES string of the molecule is COc1cc(CNCC2(N3CCCCC3)CCOCC2)cc(Cl)c1OC. The zero-order chi connectivity index (χ0) is 18.4. The van der Waals surface area contributed by atoms with E-state index in [1.807, 2.05) is 12.1 Å². The van der Waals surface area contributed by atoms with Crippen molar-refractivity contribution in [2.75, 3.05) is 47.1 Å². The first kappa shape index (κ1) is 19.7. The maximum atomic E-state index is 6.33. The number of rotatable bonds is 7. The predicted octanol–water partition coefficient (Wildman–Crippen LogP) is 3.48. The highest BCUT2D eigenvalue weighted by atomic mass is 35.5. The largest absolute Gasteiger partial charge is 0.493 e. The van der Waals surface area contributed by atoms with Crippen molar-refractivity contribution < 1.29 is 14.2 Å². The molecule has 0 saturated carbocycles. The smallest absolute Gasteiger partial charge is 0.179 e. The number of methoxy groups -OCH3 is 2. The third-order valence-corrected chi connectivity index (χ3v) is 6.01. The van der Waals surface area contributed by atoms with Crippen LogP contribution in [0.1, 0.15) is 37.7 Å². The normalized spacial score (nSPS) is 20.7. The molecule has 26 heavy (non-hydrogen) atoms. The number of piperidine rings is 1. The van der Waals surface area contributed by atoms with Gasteiger partial charge in [0.05, 0.1) is 19.2 Å². The van der Waals surface area contributed by atoms with Crippen LogP contribution in [0, 0.1) is 0 Å². The second kappa shape index (κ2) is 9.27.